The summed E-state index contributed by atoms with van der Waals surface area (Å²) in [6, 6.07) is 36.4. The molecule has 2 heterocycles. The van der Waals surface area contributed by atoms with E-state index in [1.165, 1.54) is 15.9 Å². The predicted octanol–water partition coefficient (Wildman–Crippen LogP) is 1.54. The molecule has 5 aromatic rings. The van der Waals surface area contributed by atoms with E-state index in [9.17, 15) is 0 Å². The van der Waals surface area contributed by atoms with Crippen LogP contribution in [0.15, 0.2) is 103 Å². The molecule has 0 saturated heterocycles. The summed E-state index contributed by atoms with van der Waals surface area (Å²) in [7, 11) is -0.373. The van der Waals surface area contributed by atoms with Gasteiger partial charge < -0.3 is 17.1 Å². The molecule has 0 aliphatic rings. The first-order chi connectivity index (χ1) is 15.7. The number of benzene rings is 3. The van der Waals surface area contributed by atoms with Crippen molar-refractivity contribution in [1.29, 1.82) is 0 Å². The molecule has 166 valence electrons. The number of aryl methyl sites for hydroxylation is 1. The first kappa shape index (κ1) is 23.0. The maximum atomic E-state index is 5.57. The Balaban J connectivity index is 0.00000259. The smallest absolute Gasteiger partial charge is 0.198 e. The minimum Gasteiger partial charge on any atom is -1.00 e. The Hall–Kier alpha value is -3.20. The van der Waals surface area contributed by atoms with Crippen molar-refractivity contribution >= 4 is 28.8 Å². The standard InChI is InChI=1S/C27H25N3OP.ClH/c1-21-18-19-25(31-2)27-28-26(29-30(21)27)20-32(22-12-6-3-7-13-22,23-14-8-4-9-15-23)24-16-10-5-11-17-24;/h3-19H,20H2,1-2H3;1H/q+1;/p-1. The molecule has 0 unspecified atom stereocenters. The van der Waals surface area contributed by atoms with Gasteiger partial charge in [0, 0.05) is 5.69 Å². The molecule has 0 atom stereocenters. The van der Waals surface area contributed by atoms with Crippen LogP contribution < -0.4 is 33.1 Å². The number of pyridine rings is 1. The van der Waals surface area contributed by atoms with E-state index in [4.69, 9.17) is 14.8 Å². The zero-order valence-electron chi connectivity index (χ0n) is 18.6. The number of halogens is 1. The van der Waals surface area contributed by atoms with Crippen LogP contribution in [0.25, 0.3) is 5.65 Å². The fourth-order valence-electron chi connectivity index (χ4n) is 4.31. The van der Waals surface area contributed by atoms with Crippen LogP contribution in [0, 0.1) is 6.92 Å². The number of nitrogens with zero attached hydrogens (tertiary/aromatic N) is 3. The lowest BCUT2D eigenvalue weighted by atomic mass is 10.3. The van der Waals surface area contributed by atoms with E-state index in [-0.39, 0.29) is 12.4 Å². The number of fused-ring (bicyclic) bond motifs is 1. The third-order valence-corrected chi connectivity index (χ3v) is 10.2. The number of rotatable bonds is 6. The Labute approximate surface area is 201 Å². The van der Waals surface area contributed by atoms with Gasteiger partial charge in [-0.1, -0.05) is 54.6 Å². The molecular formula is C27H25ClN3OP. The maximum absolute atomic E-state index is 5.57. The lowest BCUT2D eigenvalue weighted by Gasteiger charge is -2.26. The molecule has 0 aliphatic carbocycles. The van der Waals surface area contributed by atoms with Crippen molar-refractivity contribution in [1.82, 2.24) is 14.6 Å². The summed E-state index contributed by atoms with van der Waals surface area (Å²) in [6.07, 6.45) is 0.731. The summed E-state index contributed by atoms with van der Waals surface area (Å²) in [6.45, 7) is 2.04. The van der Waals surface area contributed by atoms with Gasteiger partial charge in [-0.25, -0.2) is 9.50 Å². The van der Waals surface area contributed by atoms with Crippen molar-refractivity contribution in [2.75, 3.05) is 7.11 Å². The second kappa shape index (κ2) is 9.74. The normalized spacial score (nSPS) is 11.2. The van der Waals surface area contributed by atoms with Crippen molar-refractivity contribution in [3.63, 3.8) is 0 Å². The Kier molecular flexibility index (Phi) is 6.78. The lowest BCUT2D eigenvalue weighted by molar-refractivity contribution is -0.00000681. The number of aromatic nitrogens is 3. The highest BCUT2D eigenvalue weighted by atomic mass is 35.5. The zero-order valence-corrected chi connectivity index (χ0v) is 20.2. The number of ether oxygens (including phenoxy) is 1. The fourth-order valence-corrected chi connectivity index (χ4v) is 8.35. The van der Waals surface area contributed by atoms with Crippen LogP contribution in [0.1, 0.15) is 11.5 Å². The Morgan fingerprint density at radius 3 is 1.67 bits per heavy atom. The molecular weight excluding hydrogens is 449 g/mol. The van der Waals surface area contributed by atoms with Gasteiger partial charge in [0.05, 0.1) is 7.11 Å². The van der Waals surface area contributed by atoms with Crippen LogP contribution in [-0.2, 0) is 6.16 Å². The first-order valence-electron chi connectivity index (χ1n) is 10.7. The molecule has 3 aromatic carbocycles. The van der Waals surface area contributed by atoms with Gasteiger partial charge in [-0.15, -0.1) is 5.10 Å². The van der Waals surface area contributed by atoms with Crippen molar-refractivity contribution in [3.05, 3.63) is 115 Å². The molecule has 0 spiro atoms. The molecule has 5 rings (SSSR count). The van der Waals surface area contributed by atoms with E-state index in [1.807, 2.05) is 23.6 Å². The minimum atomic E-state index is -2.05. The van der Waals surface area contributed by atoms with Crippen molar-refractivity contribution in [3.8, 4) is 5.75 Å². The average molecular weight is 474 g/mol. The minimum absolute atomic E-state index is 0. The van der Waals surface area contributed by atoms with E-state index in [0.29, 0.717) is 0 Å². The van der Waals surface area contributed by atoms with Crippen molar-refractivity contribution < 1.29 is 17.1 Å². The molecule has 0 N–H and O–H groups in total. The van der Waals surface area contributed by atoms with Gasteiger partial charge in [-0.3, -0.25) is 0 Å². The molecule has 0 saturated carbocycles. The molecule has 4 nitrogen and oxygen atoms in total. The van der Waals surface area contributed by atoms with Gasteiger partial charge in [-0.05, 0) is 55.5 Å². The highest BCUT2D eigenvalue weighted by Crippen LogP contribution is 2.57. The van der Waals surface area contributed by atoms with Crippen molar-refractivity contribution in [2.45, 2.75) is 13.1 Å². The van der Waals surface area contributed by atoms with Crippen LogP contribution >= 0.6 is 7.26 Å². The van der Waals surface area contributed by atoms with Gasteiger partial charge >= 0.3 is 0 Å². The molecule has 0 bridgehead atoms. The maximum Gasteiger partial charge on any atom is 0.198 e. The third kappa shape index (κ3) is 4.13. The molecule has 0 amide bonds. The van der Waals surface area contributed by atoms with Gasteiger partial charge in [0.2, 0.25) is 0 Å². The Morgan fingerprint density at radius 1 is 0.727 bits per heavy atom. The topological polar surface area (TPSA) is 39.4 Å². The number of methoxy groups -OCH3 is 1. The molecule has 0 aliphatic heterocycles. The van der Waals surface area contributed by atoms with Crippen LogP contribution in [0.2, 0.25) is 0 Å². The first-order valence-corrected chi connectivity index (χ1v) is 12.6. The van der Waals surface area contributed by atoms with Gasteiger partial charge in [-0.2, -0.15) is 0 Å². The molecule has 2 aromatic heterocycles. The number of hydrogen-bond acceptors (Lipinski definition) is 3. The lowest BCUT2D eigenvalue weighted by Crippen LogP contribution is -3.00. The summed E-state index contributed by atoms with van der Waals surface area (Å²) >= 11 is 0. The third-order valence-electron chi connectivity index (χ3n) is 5.87. The summed E-state index contributed by atoms with van der Waals surface area (Å²) in [5.74, 6) is 1.56. The summed E-state index contributed by atoms with van der Waals surface area (Å²) < 4.78 is 7.46. The summed E-state index contributed by atoms with van der Waals surface area (Å²) in [5.41, 5.74) is 1.79. The molecule has 0 fully saturated rings. The van der Waals surface area contributed by atoms with Gasteiger partial charge in [0.15, 0.2) is 17.2 Å². The zero-order chi connectivity index (χ0) is 22.0. The van der Waals surface area contributed by atoms with Crippen LogP contribution in [0.3, 0.4) is 0 Å². The SMILES string of the molecule is COc1ccc(C)n2nc(C[P+](c3ccccc3)(c3ccccc3)c3ccccc3)nc12.[Cl-]. The van der Waals surface area contributed by atoms with Gasteiger partial charge in [0.1, 0.15) is 29.3 Å². The largest absolute Gasteiger partial charge is 1.00 e. The number of hydrogen-bond donors (Lipinski definition) is 0. The molecule has 6 heteroatoms. The van der Waals surface area contributed by atoms with Crippen molar-refractivity contribution in [2.24, 2.45) is 0 Å². The van der Waals surface area contributed by atoms with E-state index in [2.05, 4.69) is 91.0 Å². The van der Waals surface area contributed by atoms with E-state index >= 15 is 0 Å². The fraction of sp³-hybridized carbons (Fsp3) is 0.111. The highest BCUT2D eigenvalue weighted by molar-refractivity contribution is 7.95. The van der Waals surface area contributed by atoms with E-state index in [0.717, 1.165) is 29.1 Å². The molecule has 0 radical (unpaired) electrons. The summed E-state index contributed by atoms with van der Waals surface area (Å²) in [4.78, 5) is 4.96. The monoisotopic (exact) mass is 473 g/mol. The second-order valence-corrected chi connectivity index (χ2v) is 11.3. The van der Waals surface area contributed by atoms with E-state index < -0.39 is 7.26 Å². The van der Waals surface area contributed by atoms with Crippen LogP contribution in [0.4, 0.5) is 0 Å². The molecule has 33 heavy (non-hydrogen) atoms. The average Bonchev–Trinajstić information content (AvgIpc) is 3.29. The quantitative estimate of drug-likeness (QED) is 0.351. The van der Waals surface area contributed by atoms with Gasteiger partial charge in [0.25, 0.3) is 0 Å². The van der Waals surface area contributed by atoms with E-state index in [1.54, 1.807) is 7.11 Å². The predicted molar refractivity (Wildman–Crippen MR) is 133 cm³/mol. The van der Waals surface area contributed by atoms with Crippen LogP contribution in [-0.4, -0.2) is 21.7 Å². The summed E-state index contributed by atoms with van der Waals surface area (Å²) in [5, 5.41) is 8.89. The van der Waals surface area contributed by atoms with Crippen LogP contribution in [0.5, 0.6) is 5.75 Å². The highest BCUT2D eigenvalue weighted by Gasteiger charge is 2.46. The second-order valence-electron chi connectivity index (χ2n) is 7.78. The Bertz CT molecular complexity index is 1250. The Morgan fingerprint density at radius 2 is 1.21 bits per heavy atom.